The maximum Gasteiger partial charge on any atom is 0.328 e. The van der Waals surface area contributed by atoms with E-state index in [1.165, 1.54) is 10.8 Å². The standard InChI is InChI=1S/C12H20ClN3O2/c1-12(2,3)4-5-14-6-7-16-8-9(13)10(17)15-11(16)18/h8,14H,4-7H2,1-3H3,(H,15,17,18). The van der Waals surface area contributed by atoms with Crippen molar-refractivity contribution in [2.24, 2.45) is 5.41 Å². The Kier molecular flexibility index (Phi) is 5.16. The van der Waals surface area contributed by atoms with Crippen LogP contribution in [-0.2, 0) is 6.54 Å². The van der Waals surface area contributed by atoms with Crippen molar-refractivity contribution >= 4 is 11.6 Å². The van der Waals surface area contributed by atoms with Crippen molar-refractivity contribution < 1.29 is 0 Å². The van der Waals surface area contributed by atoms with E-state index in [1.807, 2.05) is 0 Å². The molecule has 5 nitrogen and oxygen atoms in total. The maximum absolute atomic E-state index is 11.4. The summed E-state index contributed by atoms with van der Waals surface area (Å²) in [6.45, 7) is 8.59. The fourth-order valence-electron chi connectivity index (χ4n) is 1.44. The molecule has 0 atom stereocenters. The van der Waals surface area contributed by atoms with E-state index in [0.717, 1.165) is 13.0 Å². The van der Waals surface area contributed by atoms with E-state index in [2.05, 4.69) is 31.1 Å². The zero-order valence-electron chi connectivity index (χ0n) is 11.0. The third-order valence-electron chi connectivity index (χ3n) is 2.55. The molecule has 18 heavy (non-hydrogen) atoms. The monoisotopic (exact) mass is 273 g/mol. The van der Waals surface area contributed by atoms with Crippen molar-refractivity contribution in [3.05, 3.63) is 32.1 Å². The molecule has 0 amide bonds. The largest absolute Gasteiger partial charge is 0.328 e. The lowest BCUT2D eigenvalue weighted by Gasteiger charge is -2.18. The molecule has 0 bridgehead atoms. The Bertz CT molecular complexity index is 499. The Morgan fingerprint density at radius 1 is 1.33 bits per heavy atom. The summed E-state index contributed by atoms with van der Waals surface area (Å²) in [6, 6.07) is 0. The summed E-state index contributed by atoms with van der Waals surface area (Å²) < 4.78 is 1.40. The van der Waals surface area contributed by atoms with Crippen LogP contribution in [0.15, 0.2) is 15.8 Å². The number of aromatic nitrogens is 2. The summed E-state index contributed by atoms with van der Waals surface area (Å²) in [5.41, 5.74) is -0.675. The first-order valence-electron chi connectivity index (χ1n) is 5.99. The molecule has 102 valence electrons. The van der Waals surface area contributed by atoms with Gasteiger partial charge in [0.2, 0.25) is 0 Å². The van der Waals surface area contributed by atoms with Crippen LogP contribution < -0.4 is 16.6 Å². The zero-order chi connectivity index (χ0) is 13.8. The first-order valence-corrected chi connectivity index (χ1v) is 6.37. The minimum atomic E-state index is -0.543. The maximum atomic E-state index is 11.4. The summed E-state index contributed by atoms with van der Waals surface area (Å²) in [6.07, 6.45) is 2.43. The third kappa shape index (κ3) is 5.06. The SMILES string of the molecule is CC(C)(C)CCNCCn1cc(Cl)c(=O)[nH]c1=O. The van der Waals surface area contributed by atoms with Crippen LogP contribution in [0.1, 0.15) is 27.2 Å². The van der Waals surface area contributed by atoms with Gasteiger partial charge in [-0.1, -0.05) is 32.4 Å². The van der Waals surface area contributed by atoms with Gasteiger partial charge in [-0.2, -0.15) is 0 Å². The van der Waals surface area contributed by atoms with E-state index in [4.69, 9.17) is 11.6 Å². The fraction of sp³-hybridized carbons (Fsp3) is 0.667. The van der Waals surface area contributed by atoms with Crippen LogP contribution in [0.2, 0.25) is 5.02 Å². The number of rotatable bonds is 5. The van der Waals surface area contributed by atoms with Gasteiger partial charge in [0.05, 0.1) is 0 Å². The van der Waals surface area contributed by atoms with Gasteiger partial charge in [-0.25, -0.2) is 4.79 Å². The number of nitrogens with one attached hydrogen (secondary N) is 2. The minimum absolute atomic E-state index is 0.0318. The van der Waals surface area contributed by atoms with Crippen LogP contribution in [-0.4, -0.2) is 22.6 Å². The van der Waals surface area contributed by atoms with Crippen molar-refractivity contribution in [2.75, 3.05) is 13.1 Å². The van der Waals surface area contributed by atoms with Crippen molar-refractivity contribution in [2.45, 2.75) is 33.7 Å². The molecule has 1 aromatic rings. The quantitative estimate of drug-likeness (QED) is 0.793. The van der Waals surface area contributed by atoms with E-state index in [0.29, 0.717) is 18.5 Å². The Morgan fingerprint density at radius 3 is 2.61 bits per heavy atom. The molecule has 0 aliphatic carbocycles. The molecule has 0 saturated heterocycles. The molecule has 1 rings (SSSR count). The van der Waals surface area contributed by atoms with Crippen molar-refractivity contribution in [3.8, 4) is 0 Å². The Hall–Kier alpha value is -1.07. The Labute approximate surface area is 111 Å². The highest BCUT2D eigenvalue weighted by atomic mass is 35.5. The molecular formula is C12H20ClN3O2. The molecule has 0 unspecified atom stereocenters. The molecule has 0 spiro atoms. The number of aromatic amines is 1. The van der Waals surface area contributed by atoms with Crippen LogP contribution in [0.25, 0.3) is 0 Å². The summed E-state index contributed by atoms with van der Waals surface area (Å²) in [4.78, 5) is 24.7. The molecule has 6 heteroatoms. The smallest absolute Gasteiger partial charge is 0.315 e. The third-order valence-corrected chi connectivity index (χ3v) is 2.82. The normalized spacial score (nSPS) is 11.8. The zero-order valence-corrected chi connectivity index (χ0v) is 11.8. The second kappa shape index (κ2) is 6.20. The molecular weight excluding hydrogens is 254 g/mol. The van der Waals surface area contributed by atoms with Crippen molar-refractivity contribution in [3.63, 3.8) is 0 Å². The number of hydrogen-bond acceptors (Lipinski definition) is 3. The van der Waals surface area contributed by atoms with Gasteiger partial charge in [-0.05, 0) is 18.4 Å². The van der Waals surface area contributed by atoms with Gasteiger partial charge in [-0.3, -0.25) is 14.3 Å². The first-order chi connectivity index (χ1) is 8.29. The van der Waals surface area contributed by atoms with Crippen LogP contribution in [0, 0.1) is 5.41 Å². The van der Waals surface area contributed by atoms with E-state index >= 15 is 0 Å². The highest BCUT2D eigenvalue weighted by Gasteiger charge is 2.08. The van der Waals surface area contributed by atoms with Gasteiger partial charge in [0.1, 0.15) is 5.02 Å². The number of halogens is 1. The average molecular weight is 274 g/mol. The number of H-pyrrole nitrogens is 1. The van der Waals surface area contributed by atoms with E-state index in [-0.39, 0.29) is 5.02 Å². The molecule has 1 aromatic heterocycles. The molecule has 0 aliphatic heterocycles. The van der Waals surface area contributed by atoms with E-state index < -0.39 is 11.2 Å². The van der Waals surface area contributed by atoms with Gasteiger partial charge in [0, 0.05) is 19.3 Å². The molecule has 1 heterocycles. The predicted octanol–water partition coefficient (Wildman–Crippen LogP) is 1.22. The average Bonchev–Trinajstić information content (AvgIpc) is 2.23. The summed E-state index contributed by atoms with van der Waals surface area (Å²) >= 11 is 5.66. The highest BCUT2D eigenvalue weighted by molar-refractivity contribution is 6.30. The van der Waals surface area contributed by atoms with Crippen molar-refractivity contribution in [1.29, 1.82) is 0 Å². The van der Waals surface area contributed by atoms with Gasteiger partial charge in [0.15, 0.2) is 0 Å². The lowest BCUT2D eigenvalue weighted by Crippen LogP contribution is -2.33. The summed E-state index contributed by atoms with van der Waals surface area (Å²) in [5, 5.41) is 3.29. The molecule has 0 fully saturated rings. The van der Waals surface area contributed by atoms with Gasteiger partial charge in [0.25, 0.3) is 5.56 Å². The predicted molar refractivity (Wildman–Crippen MR) is 73.3 cm³/mol. The van der Waals surface area contributed by atoms with Gasteiger partial charge >= 0.3 is 5.69 Å². The lowest BCUT2D eigenvalue weighted by atomic mass is 9.92. The molecule has 2 N–H and O–H groups in total. The van der Waals surface area contributed by atoms with Crippen LogP contribution in [0.4, 0.5) is 0 Å². The van der Waals surface area contributed by atoms with Gasteiger partial charge < -0.3 is 5.32 Å². The summed E-state index contributed by atoms with van der Waals surface area (Å²) in [5.74, 6) is 0. The molecule has 0 radical (unpaired) electrons. The van der Waals surface area contributed by atoms with Crippen LogP contribution in [0.5, 0.6) is 0 Å². The fourth-order valence-corrected chi connectivity index (χ4v) is 1.60. The molecule has 0 aromatic carbocycles. The second-order valence-corrected chi connectivity index (χ2v) is 5.90. The van der Waals surface area contributed by atoms with E-state index in [9.17, 15) is 9.59 Å². The highest BCUT2D eigenvalue weighted by Crippen LogP contribution is 2.16. The number of nitrogens with zero attached hydrogens (tertiary/aromatic N) is 1. The Balaban J connectivity index is 2.43. The topological polar surface area (TPSA) is 66.9 Å². The summed E-state index contributed by atoms with van der Waals surface area (Å²) in [7, 11) is 0. The first kappa shape index (κ1) is 15.0. The second-order valence-electron chi connectivity index (χ2n) is 5.49. The van der Waals surface area contributed by atoms with Crippen LogP contribution >= 0.6 is 11.6 Å². The number of hydrogen-bond donors (Lipinski definition) is 2. The van der Waals surface area contributed by atoms with Gasteiger partial charge in [-0.15, -0.1) is 0 Å². The lowest BCUT2D eigenvalue weighted by molar-refractivity contribution is 0.365. The minimum Gasteiger partial charge on any atom is -0.315 e. The molecule has 0 aliphatic rings. The molecule has 0 saturated carbocycles. The van der Waals surface area contributed by atoms with E-state index in [1.54, 1.807) is 0 Å². The van der Waals surface area contributed by atoms with Crippen molar-refractivity contribution in [1.82, 2.24) is 14.9 Å². The van der Waals surface area contributed by atoms with Crippen LogP contribution in [0.3, 0.4) is 0 Å². The Morgan fingerprint density at radius 2 is 2.00 bits per heavy atom.